The number of benzene rings is 4. The third kappa shape index (κ3) is 6.91. The molecule has 1 unspecified atom stereocenters. The van der Waals surface area contributed by atoms with Crippen LogP contribution < -0.4 is 0 Å². The molecule has 0 aliphatic carbocycles. The smallest absolute Gasteiger partial charge is 0.338 e. The van der Waals surface area contributed by atoms with Gasteiger partial charge in [0.05, 0.1) is 23.7 Å². The van der Waals surface area contributed by atoms with Crippen molar-refractivity contribution in [1.82, 2.24) is 0 Å². The Hall–Kier alpha value is -3.90. The van der Waals surface area contributed by atoms with E-state index in [-0.39, 0.29) is 23.7 Å². The van der Waals surface area contributed by atoms with Crippen LogP contribution in [0.3, 0.4) is 0 Å². The molecular formula is C34H32O9S. The second-order valence-electron chi connectivity index (χ2n) is 10.6. The monoisotopic (exact) mass is 616 g/mol. The fraction of sp³-hybridized carbons (Fsp3) is 0.265. The topological polar surface area (TPSA) is 107 Å². The van der Waals surface area contributed by atoms with Crippen molar-refractivity contribution in [2.24, 2.45) is 0 Å². The minimum Gasteiger partial charge on any atom is -0.450 e. The van der Waals surface area contributed by atoms with Crippen LogP contribution in [-0.2, 0) is 44.6 Å². The zero-order valence-electron chi connectivity index (χ0n) is 23.9. The summed E-state index contributed by atoms with van der Waals surface area (Å²) in [4.78, 5) is 13.3. The van der Waals surface area contributed by atoms with E-state index in [0.717, 1.165) is 16.7 Å². The predicted molar refractivity (Wildman–Crippen MR) is 159 cm³/mol. The fourth-order valence-corrected chi connectivity index (χ4v) is 6.21. The largest absolute Gasteiger partial charge is 0.450 e. The predicted octanol–water partition coefficient (Wildman–Crippen LogP) is 5.35. The summed E-state index contributed by atoms with van der Waals surface area (Å²) in [5.41, 5.74) is 2.73. The number of aryl methyl sites for hydroxylation is 1. The molecule has 0 radical (unpaired) electrons. The summed E-state index contributed by atoms with van der Waals surface area (Å²) in [6.45, 7) is 2.01. The molecule has 0 saturated carbocycles. The SMILES string of the molecule is Cc1ccc(S(=O)(=O)O[C@H]2[C@H]3OC(c4ccccc4)OC[C@H]3O[C@@H](OCc3ccccc3)[C@@H]2OC(=O)c2ccccc2)cc1. The van der Waals surface area contributed by atoms with Crippen LogP contribution in [0.1, 0.15) is 33.3 Å². The lowest BCUT2D eigenvalue weighted by Crippen LogP contribution is -2.64. The maximum absolute atomic E-state index is 13.7. The summed E-state index contributed by atoms with van der Waals surface area (Å²) in [5, 5.41) is 0. The summed E-state index contributed by atoms with van der Waals surface area (Å²) in [6, 6.07) is 33.3. The number of ether oxygens (including phenoxy) is 5. The third-order valence-electron chi connectivity index (χ3n) is 7.41. The van der Waals surface area contributed by atoms with Crippen LogP contribution in [0.5, 0.6) is 0 Å². The molecule has 228 valence electrons. The van der Waals surface area contributed by atoms with E-state index >= 15 is 0 Å². The maximum Gasteiger partial charge on any atom is 0.338 e. The number of esters is 1. The third-order valence-corrected chi connectivity index (χ3v) is 8.74. The summed E-state index contributed by atoms with van der Waals surface area (Å²) in [6.07, 6.45) is -6.50. The lowest BCUT2D eigenvalue weighted by molar-refractivity contribution is -0.358. The van der Waals surface area contributed by atoms with Gasteiger partial charge in [-0.3, -0.25) is 4.18 Å². The minimum absolute atomic E-state index is 0.0484. The highest BCUT2D eigenvalue weighted by atomic mass is 32.2. The van der Waals surface area contributed by atoms with Crippen molar-refractivity contribution in [3.63, 3.8) is 0 Å². The van der Waals surface area contributed by atoms with Crippen LogP contribution >= 0.6 is 0 Å². The van der Waals surface area contributed by atoms with E-state index in [1.54, 1.807) is 42.5 Å². The van der Waals surface area contributed by atoms with Gasteiger partial charge in [-0.25, -0.2) is 4.79 Å². The first kappa shape index (κ1) is 30.1. The quantitative estimate of drug-likeness (QED) is 0.182. The van der Waals surface area contributed by atoms with Crippen molar-refractivity contribution in [3.05, 3.63) is 138 Å². The molecule has 2 fully saturated rings. The molecule has 2 aliphatic heterocycles. The van der Waals surface area contributed by atoms with Gasteiger partial charge >= 0.3 is 5.97 Å². The summed E-state index contributed by atoms with van der Waals surface area (Å²) < 4.78 is 64.1. The first-order valence-corrected chi connectivity index (χ1v) is 15.7. The lowest BCUT2D eigenvalue weighted by atomic mass is 9.97. The van der Waals surface area contributed by atoms with Crippen molar-refractivity contribution < 1.29 is 41.1 Å². The summed E-state index contributed by atoms with van der Waals surface area (Å²) >= 11 is 0. The van der Waals surface area contributed by atoms with Crippen LogP contribution in [0.4, 0.5) is 0 Å². The second-order valence-corrected chi connectivity index (χ2v) is 12.2. The average Bonchev–Trinajstić information content (AvgIpc) is 3.06. The molecule has 0 spiro atoms. The highest BCUT2D eigenvalue weighted by Gasteiger charge is 2.54. The number of rotatable bonds is 9. The van der Waals surface area contributed by atoms with E-state index in [0.29, 0.717) is 0 Å². The number of carbonyl (C=O) groups is 1. The molecule has 6 atom stereocenters. The Morgan fingerprint density at radius 2 is 1.43 bits per heavy atom. The average molecular weight is 617 g/mol. The number of carbonyl (C=O) groups excluding carboxylic acids is 1. The van der Waals surface area contributed by atoms with Gasteiger partial charge in [-0.2, -0.15) is 8.42 Å². The van der Waals surface area contributed by atoms with Crippen LogP contribution in [0.25, 0.3) is 0 Å². The molecule has 0 bridgehead atoms. The van der Waals surface area contributed by atoms with Gasteiger partial charge in [-0.05, 0) is 36.8 Å². The Kier molecular flexibility index (Phi) is 9.17. The Morgan fingerprint density at radius 1 is 0.795 bits per heavy atom. The van der Waals surface area contributed by atoms with Crippen LogP contribution in [0, 0.1) is 6.92 Å². The molecule has 10 heteroatoms. The molecule has 4 aromatic carbocycles. The number of hydrogen-bond donors (Lipinski definition) is 0. The van der Waals surface area contributed by atoms with Crippen LogP contribution in [0.15, 0.2) is 120 Å². The molecule has 2 aliphatic rings. The first-order chi connectivity index (χ1) is 21.4. The van der Waals surface area contributed by atoms with Gasteiger partial charge in [0.15, 0.2) is 18.7 Å². The van der Waals surface area contributed by atoms with Gasteiger partial charge < -0.3 is 23.7 Å². The van der Waals surface area contributed by atoms with E-state index in [1.807, 2.05) is 67.6 Å². The van der Waals surface area contributed by atoms with E-state index in [9.17, 15) is 13.2 Å². The van der Waals surface area contributed by atoms with E-state index < -0.39 is 53.1 Å². The highest BCUT2D eigenvalue weighted by Crippen LogP contribution is 2.38. The normalized spacial score (nSPS) is 25.1. The molecule has 0 aromatic heterocycles. The van der Waals surface area contributed by atoms with Crippen molar-refractivity contribution in [3.8, 4) is 0 Å². The van der Waals surface area contributed by atoms with Crippen LogP contribution in [0.2, 0.25) is 0 Å². The maximum atomic E-state index is 13.7. The number of fused-ring (bicyclic) bond motifs is 1. The Bertz CT molecular complexity index is 1630. The van der Waals surface area contributed by atoms with Crippen molar-refractivity contribution in [2.45, 2.75) is 55.4 Å². The van der Waals surface area contributed by atoms with Gasteiger partial charge in [0.2, 0.25) is 0 Å². The Morgan fingerprint density at radius 3 is 2.11 bits per heavy atom. The zero-order chi connectivity index (χ0) is 30.5. The number of hydrogen-bond acceptors (Lipinski definition) is 9. The van der Waals surface area contributed by atoms with E-state index in [2.05, 4.69) is 0 Å². The van der Waals surface area contributed by atoms with Crippen molar-refractivity contribution >= 4 is 16.1 Å². The van der Waals surface area contributed by atoms with Gasteiger partial charge in [-0.15, -0.1) is 0 Å². The molecular weight excluding hydrogens is 584 g/mol. The van der Waals surface area contributed by atoms with Gasteiger partial charge in [0.1, 0.15) is 18.3 Å². The molecule has 2 saturated heterocycles. The molecule has 0 amide bonds. The van der Waals surface area contributed by atoms with Gasteiger partial charge in [0.25, 0.3) is 10.1 Å². The summed E-state index contributed by atoms with van der Waals surface area (Å²) in [5.74, 6) is -0.695. The zero-order valence-corrected chi connectivity index (χ0v) is 24.7. The van der Waals surface area contributed by atoms with E-state index in [4.69, 9.17) is 27.9 Å². The lowest BCUT2D eigenvalue weighted by Gasteiger charge is -2.48. The first-order valence-electron chi connectivity index (χ1n) is 14.3. The molecule has 4 aromatic rings. The highest BCUT2D eigenvalue weighted by molar-refractivity contribution is 7.86. The van der Waals surface area contributed by atoms with Crippen molar-refractivity contribution in [2.75, 3.05) is 6.61 Å². The van der Waals surface area contributed by atoms with Crippen molar-refractivity contribution in [1.29, 1.82) is 0 Å². The molecule has 0 N–H and O–H groups in total. The fourth-order valence-electron chi connectivity index (χ4n) is 5.12. The minimum atomic E-state index is -4.36. The summed E-state index contributed by atoms with van der Waals surface area (Å²) in [7, 11) is -4.36. The molecule has 44 heavy (non-hydrogen) atoms. The Balaban J connectivity index is 1.37. The standard InChI is InChI=1S/C34H32O9S/c1-23-17-19-27(20-18-23)44(36,37)43-30-29-28(22-39-33(42-29)26-15-9-4-10-16-26)40-34(38-21-24-11-5-2-6-12-24)31(30)41-32(35)25-13-7-3-8-14-25/h2-20,28-31,33-34H,21-22H2,1H3/t28-,29+,30+,31-,33?,34-/m1/s1. The second kappa shape index (κ2) is 13.4. The van der Waals surface area contributed by atoms with Gasteiger partial charge in [0, 0.05) is 5.56 Å². The Labute approximate surface area is 256 Å². The van der Waals surface area contributed by atoms with E-state index in [1.165, 1.54) is 12.1 Å². The molecule has 6 rings (SSSR count). The molecule has 9 nitrogen and oxygen atoms in total. The van der Waals surface area contributed by atoms with Crippen LogP contribution in [-0.4, -0.2) is 51.7 Å². The van der Waals surface area contributed by atoms with Gasteiger partial charge in [-0.1, -0.05) is 96.6 Å². The molecule has 2 heterocycles.